The van der Waals surface area contributed by atoms with Gasteiger partial charge in [-0.3, -0.25) is 4.79 Å². The van der Waals surface area contributed by atoms with Crippen molar-refractivity contribution < 1.29 is 23.8 Å². The first-order valence-corrected chi connectivity index (χ1v) is 10.4. The number of benzene rings is 1. The molecule has 8 heteroatoms. The molecule has 0 saturated carbocycles. The molecule has 1 heterocycles. The number of hydrogen-bond donors (Lipinski definition) is 2. The summed E-state index contributed by atoms with van der Waals surface area (Å²) < 4.78 is 15.7. The molecule has 2 amide bonds. The maximum atomic E-state index is 12.5. The first kappa shape index (κ1) is 23.8. The second-order valence-corrected chi connectivity index (χ2v) is 8.49. The number of nitrogens with one attached hydrogen (secondary N) is 2. The predicted octanol–water partition coefficient (Wildman–Crippen LogP) is 2.67. The minimum absolute atomic E-state index is 0.111. The highest BCUT2D eigenvalue weighted by Crippen LogP contribution is 2.27. The summed E-state index contributed by atoms with van der Waals surface area (Å²) in [4.78, 5) is 26.5. The molecule has 0 unspecified atom stereocenters. The molecule has 1 aliphatic heterocycles. The average Bonchev–Trinajstić information content (AvgIpc) is 2.71. The monoisotopic (exact) mass is 421 g/mol. The molecule has 2 rings (SSSR count). The Hall–Kier alpha value is -2.48. The van der Waals surface area contributed by atoms with Crippen molar-refractivity contribution in [2.75, 3.05) is 46.9 Å². The Morgan fingerprint density at radius 1 is 1.07 bits per heavy atom. The minimum atomic E-state index is -0.482. The molecular formula is C22H35N3O5. The van der Waals surface area contributed by atoms with Gasteiger partial charge in [0.05, 0.1) is 14.2 Å². The summed E-state index contributed by atoms with van der Waals surface area (Å²) in [5, 5.41) is 5.82. The fourth-order valence-corrected chi connectivity index (χ4v) is 3.36. The number of carbonyl (C=O) groups is 2. The van der Waals surface area contributed by atoms with Crippen LogP contribution < -0.4 is 20.1 Å². The van der Waals surface area contributed by atoms with Gasteiger partial charge in [0, 0.05) is 25.2 Å². The van der Waals surface area contributed by atoms with E-state index in [4.69, 9.17) is 14.2 Å². The smallest absolute Gasteiger partial charge is 0.407 e. The van der Waals surface area contributed by atoms with E-state index in [1.54, 1.807) is 32.4 Å². The van der Waals surface area contributed by atoms with Gasteiger partial charge < -0.3 is 29.7 Å². The van der Waals surface area contributed by atoms with E-state index in [0.717, 1.165) is 32.5 Å². The molecule has 1 aromatic carbocycles. The van der Waals surface area contributed by atoms with Gasteiger partial charge in [-0.15, -0.1) is 0 Å². The zero-order valence-electron chi connectivity index (χ0n) is 18.7. The summed E-state index contributed by atoms with van der Waals surface area (Å²) in [5.74, 6) is 1.48. The lowest BCUT2D eigenvalue weighted by Gasteiger charge is -2.32. The van der Waals surface area contributed by atoms with Gasteiger partial charge in [-0.25, -0.2) is 4.79 Å². The van der Waals surface area contributed by atoms with E-state index in [1.807, 2.05) is 20.8 Å². The van der Waals surface area contributed by atoms with Crippen molar-refractivity contribution in [1.82, 2.24) is 15.5 Å². The van der Waals surface area contributed by atoms with Gasteiger partial charge >= 0.3 is 6.09 Å². The van der Waals surface area contributed by atoms with E-state index >= 15 is 0 Å². The van der Waals surface area contributed by atoms with Crippen LogP contribution in [-0.2, 0) is 4.74 Å². The van der Waals surface area contributed by atoms with Crippen molar-refractivity contribution in [3.8, 4) is 11.5 Å². The van der Waals surface area contributed by atoms with Crippen LogP contribution in [0.2, 0.25) is 0 Å². The minimum Gasteiger partial charge on any atom is -0.493 e. The van der Waals surface area contributed by atoms with Gasteiger partial charge in [0.25, 0.3) is 5.91 Å². The zero-order valence-corrected chi connectivity index (χ0v) is 18.7. The number of ether oxygens (including phenoxy) is 3. The number of hydrogen-bond acceptors (Lipinski definition) is 6. The molecule has 0 spiro atoms. The number of alkyl carbamates (subject to hydrolysis) is 1. The normalized spacial score (nSPS) is 15.4. The molecule has 0 bridgehead atoms. The van der Waals surface area contributed by atoms with Crippen LogP contribution in [0.3, 0.4) is 0 Å². The maximum Gasteiger partial charge on any atom is 0.407 e. The SMILES string of the molecule is COc1ccc(C(=O)NCC2CCN(CCNC(=O)OC(C)(C)C)CC2)cc1OC. The molecule has 0 aromatic heterocycles. The number of carbonyl (C=O) groups excluding carboxylic acids is 2. The van der Waals surface area contributed by atoms with Crippen molar-refractivity contribution in [2.45, 2.75) is 39.2 Å². The lowest BCUT2D eigenvalue weighted by atomic mass is 9.96. The van der Waals surface area contributed by atoms with Gasteiger partial charge in [-0.2, -0.15) is 0 Å². The van der Waals surface area contributed by atoms with E-state index in [2.05, 4.69) is 15.5 Å². The fourth-order valence-electron chi connectivity index (χ4n) is 3.36. The number of piperidine rings is 1. The van der Waals surface area contributed by atoms with E-state index in [0.29, 0.717) is 36.1 Å². The molecule has 0 aliphatic carbocycles. The molecule has 1 aromatic rings. The quantitative estimate of drug-likeness (QED) is 0.671. The molecule has 1 saturated heterocycles. The van der Waals surface area contributed by atoms with Crippen LogP contribution in [0.25, 0.3) is 0 Å². The molecule has 1 fully saturated rings. The van der Waals surface area contributed by atoms with E-state index in [9.17, 15) is 9.59 Å². The van der Waals surface area contributed by atoms with E-state index in [-0.39, 0.29) is 12.0 Å². The van der Waals surface area contributed by atoms with Gasteiger partial charge in [-0.05, 0) is 70.8 Å². The van der Waals surface area contributed by atoms with Crippen molar-refractivity contribution in [1.29, 1.82) is 0 Å². The second kappa shape index (κ2) is 11.1. The number of likely N-dealkylation sites (tertiary alicyclic amines) is 1. The lowest BCUT2D eigenvalue weighted by molar-refractivity contribution is 0.0519. The highest BCUT2D eigenvalue weighted by Gasteiger charge is 2.21. The summed E-state index contributed by atoms with van der Waals surface area (Å²) in [5.41, 5.74) is 0.0717. The average molecular weight is 422 g/mol. The molecule has 2 N–H and O–H groups in total. The Bertz CT molecular complexity index is 709. The van der Waals surface area contributed by atoms with Crippen molar-refractivity contribution >= 4 is 12.0 Å². The summed E-state index contributed by atoms with van der Waals surface area (Å²) in [6, 6.07) is 5.16. The maximum absolute atomic E-state index is 12.5. The largest absolute Gasteiger partial charge is 0.493 e. The summed E-state index contributed by atoms with van der Waals surface area (Å²) in [6.07, 6.45) is 1.65. The Kier molecular flexibility index (Phi) is 8.77. The topological polar surface area (TPSA) is 89.1 Å². The van der Waals surface area contributed by atoms with E-state index < -0.39 is 5.60 Å². The molecule has 0 radical (unpaired) electrons. The molecule has 1 aliphatic rings. The standard InChI is InChI=1S/C22H35N3O5/c1-22(2,3)30-21(27)23-10-13-25-11-8-16(9-12-25)15-24-20(26)17-6-7-18(28-4)19(14-17)29-5/h6-7,14,16H,8-13,15H2,1-5H3,(H,23,27)(H,24,26). The first-order valence-electron chi connectivity index (χ1n) is 10.4. The van der Waals surface area contributed by atoms with Gasteiger partial charge in [0.1, 0.15) is 5.60 Å². The third kappa shape index (κ3) is 7.74. The highest BCUT2D eigenvalue weighted by atomic mass is 16.6. The van der Waals surface area contributed by atoms with Crippen LogP contribution in [0.5, 0.6) is 11.5 Å². The van der Waals surface area contributed by atoms with Gasteiger partial charge in [0.15, 0.2) is 11.5 Å². The van der Waals surface area contributed by atoms with Crippen LogP contribution in [0.15, 0.2) is 18.2 Å². The predicted molar refractivity (Wildman–Crippen MR) is 115 cm³/mol. The van der Waals surface area contributed by atoms with Crippen molar-refractivity contribution in [3.05, 3.63) is 23.8 Å². The van der Waals surface area contributed by atoms with Gasteiger partial charge in [-0.1, -0.05) is 0 Å². The summed E-state index contributed by atoms with van der Waals surface area (Å²) in [7, 11) is 3.12. The third-order valence-electron chi connectivity index (χ3n) is 5.00. The number of nitrogens with zero attached hydrogens (tertiary/aromatic N) is 1. The number of rotatable bonds is 8. The Morgan fingerprint density at radius 3 is 2.33 bits per heavy atom. The van der Waals surface area contributed by atoms with Gasteiger partial charge in [0.2, 0.25) is 0 Å². The Labute approximate surface area is 179 Å². The molecule has 8 nitrogen and oxygen atoms in total. The van der Waals surface area contributed by atoms with Crippen LogP contribution in [0.4, 0.5) is 4.79 Å². The number of methoxy groups -OCH3 is 2. The zero-order chi connectivity index (χ0) is 22.1. The fraction of sp³-hybridized carbons (Fsp3) is 0.636. The van der Waals surface area contributed by atoms with Crippen molar-refractivity contribution in [2.24, 2.45) is 5.92 Å². The molecular weight excluding hydrogens is 386 g/mol. The Balaban J connectivity index is 1.67. The highest BCUT2D eigenvalue weighted by molar-refractivity contribution is 5.94. The van der Waals surface area contributed by atoms with Crippen LogP contribution in [-0.4, -0.2) is 69.4 Å². The second-order valence-electron chi connectivity index (χ2n) is 8.49. The number of amides is 2. The van der Waals surface area contributed by atoms with Crippen LogP contribution >= 0.6 is 0 Å². The van der Waals surface area contributed by atoms with Crippen LogP contribution in [0.1, 0.15) is 44.0 Å². The lowest BCUT2D eigenvalue weighted by Crippen LogP contribution is -2.42. The molecule has 30 heavy (non-hydrogen) atoms. The summed E-state index contributed by atoms with van der Waals surface area (Å²) in [6.45, 7) is 9.46. The first-order chi connectivity index (χ1) is 14.2. The summed E-state index contributed by atoms with van der Waals surface area (Å²) >= 11 is 0. The Morgan fingerprint density at radius 2 is 1.73 bits per heavy atom. The molecule has 0 atom stereocenters. The third-order valence-corrected chi connectivity index (χ3v) is 5.00. The van der Waals surface area contributed by atoms with E-state index in [1.165, 1.54) is 0 Å². The molecule has 168 valence electrons. The van der Waals surface area contributed by atoms with Crippen molar-refractivity contribution in [3.63, 3.8) is 0 Å². The van der Waals surface area contributed by atoms with Crippen LogP contribution in [0, 0.1) is 5.92 Å².